The standard InChI is InChI=1S/C23H28NS/c1-15(2)20-12-13-21(16(3)4)23(24-14-25-18(6)17(24)5)22(20)19-10-8-7-9-11-19/h7-16H,1-6H3/q+1. The average Bonchev–Trinajstić information content (AvgIpc) is 2.93. The molecule has 0 aliphatic carbocycles. The van der Waals surface area contributed by atoms with E-state index < -0.39 is 0 Å². The van der Waals surface area contributed by atoms with Crippen LogP contribution in [0.25, 0.3) is 16.8 Å². The lowest BCUT2D eigenvalue weighted by Gasteiger charge is -2.19. The van der Waals surface area contributed by atoms with Crippen molar-refractivity contribution in [3.05, 3.63) is 69.7 Å². The van der Waals surface area contributed by atoms with Gasteiger partial charge in [-0.2, -0.15) is 4.57 Å². The first-order valence-corrected chi connectivity index (χ1v) is 9.98. The van der Waals surface area contributed by atoms with Gasteiger partial charge in [0.05, 0.1) is 10.4 Å². The molecule has 0 unspecified atom stereocenters. The van der Waals surface area contributed by atoms with Gasteiger partial charge in [-0.25, -0.2) is 0 Å². The molecule has 0 aliphatic heterocycles. The molecule has 2 heteroatoms. The van der Waals surface area contributed by atoms with Crippen LogP contribution < -0.4 is 4.57 Å². The molecule has 2 aromatic carbocycles. The molecule has 0 saturated carbocycles. The van der Waals surface area contributed by atoms with Gasteiger partial charge >= 0.3 is 0 Å². The lowest BCUT2D eigenvalue weighted by Crippen LogP contribution is -2.34. The first-order chi connectivity index (χ1) is 11.9. The lowest BCUT2D eigenvalue weighted by atomic mass is 9.86. The monoisotopic (exact) mass is 350 g/mol. The highest BCUT2D eigenvalue weighted by molar-refractivity contribution is 7.09. The number of nitrogens with zero attached hydrogens (tertiary/aromatic N) is 1. The Bertz CT molecular complexity index is 873. The zero-order valence-electron chi connectivity index (χ0n) is 16.1. The molecule has 25 heavy (non-hydrogen) atoms. The van der Waals surface area contributed by atoms with Gasteiger partial charge in [-0.15, -0.1) is 0 Å². The Hall–Kier alpha value is -1.93. The van der Waals surface area contributed by atoms with E-state index in [9.17, 15) is 0 Å². The molecule has 1 nitrogen and oxygen atoms in total. The van der Waals surface area contributed by atoms with Crippen molar-refractivity contribution < 1.29 is 4.57 Å². The van der Waals surface area contributed by atoms with Crippen molar-refractivity contribution in [1.82, 2.24) is 0 Å². The maximum Gasteiger partial charge on any atom is 0.231 e. The van der Waals surface area contributed by atoms with Gasteiger partial charge in [0.25, 0.3) is 0 Å². The van der Waals surface area contributed by atoms with Crippen molar-refractivity contribution >= 4 is 11.3 Å². The van der Waals surface area contributed by atoms with E-state index >= 15 is 0 Å². The average molecular weight is 351 g/mol. The summed E-state index contributed by atoms with van der Waals surface area (Å²) in [7, 11) is 0. The molecular weight excluding hydrogens is 322 g/mol. The summed E-state index contributed by atoms with van der Waals surface area (Å²) in [4.78, 5) is 1.38. The van der Waals surface area contributed by atoms with E-state index in [2.05, 4.69) is 94.1 Å². The van der Waals surface area contributed by atoms with Gasteiger partial charge in [0.15, 0.2) is 5.69 Å². The maximum absolute atomic E-state index is 2.41. The highest BCUT2D eigenvalue weighted by atomic mass is 32.1. The van der Waals surface area contributed by atoms with Crippen LogP contribution in [0.1, 0.15) is 61.2 Å². The minimum atomic E-state index is 0.478. The predicted octanol–water partition coefficient (Wildman–Crippen LogP) is 6.56. The fourth-order valence-corrected chi connectivity index (χ4v) is 4.22. The Labute approximate surface area is 156 Å². The summed E-state index contributed by atoms with van der Waals surface area (Å²) in [6.07, 6.45) is 0. The van der Waals surface area contributed by atoms with Gasteiger partial charge < -0.3 is 0 Å². The van der Waals surface area contributed by atoms with E-state index in [0.29, 0.717) is 11.8 Å². The van der Waals surface area contributed by atoms with Gasteiger partial charge in [0, 0.05) is 12.5 Å². The Balaban J connectivity index is 2.44. The molecule has 0 bridgehead atoms. The Morgan fingerprint density at radius 3 is 1.92 bits per heavy atom. The number of aryl methyl sites for hydroxylation is 1. The Morgan fingerprint density at radius 1 is 0.800 bits per heavy atom. The van der Waals surface area contributed by atoms with Crippen molar-refractivity contribution in [2.75, 3.05) is 0 Å². The highest BCUT2D eigenvalue weighted by Crippen LogP contribution is 2.37. The van der Waals surface area contributed by atoms with Gasteiger partial charge in [-0.3, -0.25) is 0 Å². The van der Waals surface area contributed by atoms with E-state index in [4.69, 9.17) is 0 Å². The van der Waals surface area contributed by atoms with Crippen LogP contribution in [0.4, 0.5) is 0 Å². The third kappa shape index (κ3) is 3.28. The second-order valence-corrected chi connectivity index (χ2v) is 8.44. The zero-order chi connectivity index (χ0) is 18.1. The number of aromatic nitrogens is 1. The molecular formula is C23H28NS+. The van der Waals surface area contributed by atoms with Crippen LogP contribution in [0, 0.1) is 13.8 Å². The molecule has 130 valence electrons. The zero-order valence-corrected chi connectivity index (χ0v) is 16.9. The molecule has 0 aliphatic rings. The Morgan fingerprint density at radius 2 is 1.40 bits per heavy atom. The smallest absolute Gasteiger partial charge is 0.153 e. The van der Waals surface area contributed by atoms with Crippen molar-refractivity contribution in [3.63, 3.8) is 0 Å². The van der Waals surface area contributed by atoms with Crippen LogP contribution in [-0.4, -0.2) is 0 Å². The summed E-state index contributed by atoms with van der Waals surface area (Å²) >= 11 is 1.83. The molecule has 1 aromatic heterocycles. The third-order valence-corrected chi connectivity index (χ3v) is 5.96. The minimum absolute atomic E-state index is 0.478. The quantitative estimate of drug-likeness (QED) is 0.469. The summed E-state index contributed by atoms with van der Waals surface area (Å²) < 4.78 is 2.41. The van der Waals surface area contributed by atoms with Crippen LogP contribution in [-0.2, 0) is 0 Å². The number of rotatable bonds is 4. The summed E-state index contributed by atoms with van der Waals surface area (Å²) in [6.45, 7) is 13.6. The van der Waals surface area contributed by atoms with E-state index in [1.165, 1.54) is 38.5 Å². The molecule has 0 saturated heterocycles. The normalized spacial score (nSPS) is 11.5. The molecule has 0 spiro atoms. The SMILES string of the molecule is Cc1sc[n+](-c2c(C(C)C)ccc(C(C)C)c2-c2ccccc2)c1C. The topological polar surface area (TPSA) is 3.88 Å². The summed E-state index contributed by atoms with van der Waals surface area (Å²) in [6, 6.07) is 15.5. The van der Waals surface area contributed by atoms with Gasteiger partial charge in [-0.1, -0.05) is 81.5 Å². The number of thiazole rings is 1. The lowest BCUT2D eigenvalue weighted by molar-refractivity contribution is -0.597. The number of benzene rings is 2. The molecule has 0 atom stereocenters. The van der Waals surface area contributed by atoms with Crippen molar-refractivity contribution in [3.8, 4) is 16.8 Å². The van der Waals surface area contributed by atoms with Crippen molar-refractivity contribution in [2.45, 2.75) is 53.4 Å². The first-order valence-electron chi connectivity index (χ1n) is 9.10. The molecule has 3 aromatic rings. The predicted molar refractivity (Wildman–Crippen MR) is 109 cm³/mol. The molecule has 0 amide bonds. The summed E-state index contributed by atoms with van der Waals surface area (Å²) in [5.74, 6) is 0.960. The van der Waals surface area contributed by atoms with E-state index in [-0.39, 0.29) is 0 Å². The van der Waals surface area contributed by atoms with Crippen LogP contribution >= 0.6 is 11.3 Å². The van der Waals surface area contributed by atoms with Gasteiger partial charge in [-0.05, 0) is 29.9 Å². The fraction of sp³-hybridized carbons (Fsp3) is 0.348. The number of hydrogen-bond donors (Lipinski definition) is 0. The third-order valence-electron chi connectivity index (χ3n) is 4.99. The summed E-state index contributed by atoms with van der Waals surface area (Å²) in [5, 5.41) is 0. The van der Waals surface area contributed by atoms with Crippen LogP contribution in [0.3, 0.4) is 0 Å². The highest BCUT2D eigenvalue weighted by Gasteiger charge is 2.28. The maximum atomic E-state index is 2.41. The molecule has 0 radical (unpaired) electrons. The molecule has 0 N–H and O–H groups in total. The van der Waals surface area contributed by atoms with E-state index in [1.54, 1.807) is 0 Å². The first kappa shape index (κ1) is 17.9. The Kier molecular flexibility index (Phi) is 5.10. The van der Waals surface area contributed by atoms with Gasteiger partial charge in [0.2, 0.25) is 11.2 Å². The van der Waals surface area contributed by atoms with Gasteiger partial charge in [0.1, 0.15) is 0 Å². The fourth-order valence-electron chi connectivity index (χ4n) is 3.42. The van der Waals surface area contributed by atoms with E-state index in [1.807, 2.05) is 11.3 Å². The molecule has 3 rings (SSSR count). The second-order valence-electron chi connectivity index (χ2n) is 7.38. The number of hydrogen-bond acceptors (Lipinski definition) is 1. The van der Waals surface area contributed by atoms with Crippen LogP contribution in [0.15, 0.2) is 48.0 Å². The minimum Gasteiger partial charge on any atom is -0.153 e. The van der Waals surface area contributed by atoms with Crippen molar-refractivity contribution in [1.29, 1.82) is 0 Å². The van der Waals surface area contributed by atoms with Crippen molar-refractivity contribution in [2.24, 2.45) is 0 Å². The van der Waals surface area contributed by atoms with Crippen LogP contribution in [0.2, 0.25) is 0 Å². The summed E-state index contributed by atoms with van der Waals surface area (Å²) in [5.41, 5.74) is 10.5. The molecule has 0 fully saturated rings. The largest absolute Gasteiger partial charge is 0.231 e. The van der Waals surface area contributed by atoms with Crippen LogP contribution in [0.5, 0.6) is 0 Å². The second kappa shape index (κ2) is 7.13. The molecule has 1 heterocycles. The van der Waals surface area contributed by atoms with E-state index in [0.717, 1.165) is 0 Å².